The maximum absolute atomic E-state index is 15.1. The number of phenolic OH excluding ortho intramolecular Hbond substituents is 1. The van der Waals surface area contributed by atoms with Gasteiger partial charge in [0.15, 0.2) is 5.82 Å². The number of nitrogens with two attached hydrogens (primary N) is 2. The van der Waals surface area contributed by atoms with Gasteiger partial charge in [0, 0.05) is 55.7 Å². The van der Waals surface area contributed by atoms with Crippen molar-refractivity contribution in [2.45, 2.75) is 55.9 Å². The molecular weight excluding hydrogens is 516 g/mol. The molecule has 4 fully saturated rings. The molecule has 4 aliphatic heterocycles. The molecule has 0 spiro atoms. The molecule has 2 bridgehead atoms. The van der Waals surface area contributed by atoms with Crippen molar-refractivity contribution < 1.29 is 18.6 Å². The van der Waals surface area contributed by atoms with Gasteiger partial charge >= 0.3 is 0 Å². The molecule has 7 rings (SSSR count). The summed E-state index contributed by atoms with van der Waals surface area (Å²) in [6.45, 7) is 3.17. The number of hydrogen-bond acceptors (Lipinski definition) is 9. The average Bonchev–Trinajstić information content (AvgIpc) is 3.57. The number of hydrogen-bond donors (Lipinski definition) is 4. The first kappa shape index (κ1) is 25.6. The Hall–Kier alpha value is -3.41. The highest BCUT2D eigenvalue weighted by molar-refractivity contribution is 5.98. The van der Waals surface area contributed by atoms with E-state index in [2.05, 4.69) is 15.1 Å². The average molecular weight is 552 g/mol. The number of phenols is 1. The van der Waals surface area contributed by atoms with E-state index in [0.717, 1.165) is 51.0 Å². The van der Waals surface area contributed by atoms with Gasteiger partial charge in [-0.1, -0.05) is 12.1 Å². The fourth-order valence-corrected chi connectivity index (χ4v) is 7.32. The van der Waals surface area contributed by atoms with E-state index < -0.39 is 12.0 Å². The molecule has 5 heterocycles. The number of benzene rings is 2. The van der Waals surface area contributed by atoms with Gasteiger partial charge < -0.3 is 25.8 Å². The first-order valence-electron chi connectivity index (χ1n) is 14.1. The van der Waals surface area contributed by atoms with Crippen LogP contribution in [0.2, 0.25) is 0 Å². The molecule has 0 amide bonds. The smallest absolute Gasteiger partial charge is 0.217 e. The van der Waals surface area contributed by atoms with Crippen LogP contribution in [0.25, 0.3) is 10.8 Å². The Kier molecular flexibility index (Phi) is 6.13. The topological polar surface area (TPSA) is 116 Å². The second-order valence-corrected chi connectivity index (χ2v) is 11.8. The number of ether oxygens (including phenoxy) is 1. The van der Waals surface area contributed by atoms with Gasteiger partial charge in [-0.15, -0.1) is 0 Å². The summed E-state index contributed by atoms with van der Waals surface area (Å²) >= 11 is 0. The van der Waals surface area contributed by atoms with Crippen LogP contribution in [-0.2, 0) is 0 Å². The van der Waals surface area contributed by atoms with E-state index in [1.54, 1.807) is 12.1 Å². The van der Waals surface area contributed by atoms with Crippen LogP contribution in [-0.4, -0.2) is 71.6 Å². The van der Waals surface area contributed by atoms with Crippen LogP contribution in [0.5, 0.6) is 11.6 Å². The maximum Gasteiger partial charge on any atom is 0.217 e. The fourth-order valence-electron chi connectivity index (χ4n) is 7.32. The number of anilines is 4. The predicted molar refractivity (Wildman–Crippen MR) is 151 cm³/mol. The third-order valence-corrected chi connectivity index (χ3v) is 9.18. The zero-order chi connectivity index (χ0) is 27.6. The Morgan fingerprint density at radius 2 is 1.98 bits per heavy atom. The van der Waals surface area contributed by atoms with Gasteiger partial charge in [0.2, 0.25) is 5.88 Å². The van der Waals surface area contributed by atoms with Crippen LogP contribution < -0.4 is 31.5 Å². The number of fused-ring (bicyclic) bond motifs is 4. The number of piperazine rings is 1. The molecule has 4 atom stereocenters. The van der Waals surface area contributed by atoms with Crippen LogP contribution in [0.3, 0.4) is 0 Å². The predicted octanol–water partition coefficient (Wildman–Crippen LogP) is 3.57. The SMILES string of the molecule is Nc1c(N2CC3CCC(C2)N3)cc(OC[C@@]23CCCN2C[C@H](F)C3)nc1N(N)c1cc(O)cc2cccc(F)c12. The van der Waals surface area contributed by atoms with Gasteiger partial charge in [-0.3, -0.25) is 9.91 Å². The number of nitrogen functional groups attached to an aromatic ring is 1. The fraction of sp³-hybridized carbons (Fsp3) is 0.483. The Morgan fingerprint density at radius 3 is 2.77 bits per heavy atom. The van der Waals surface area contributed by atoms with E-state index in [9.17, 15) is 9.50 Å². The Morgan fingerprint density at radius 1 is 1.18 bits per heavy atom. The lowest BCUT2D eigenvalue weighted by atomic mass is 9.95. The lowest BCUT2D eigenvalue weighted by Gasteiger charge is -2.36. The Bertz CT molecular complexity index is 1450. The Balaban J connectivity index is 1.29. The monoisotopic (exact) mass is 551 g/mol. The lowest BCUT2D eigenvalue weighted by Crippen LogP contribution is -2.51. The molecule has 0 saturated carbocycles. The van der Waals surface area contributed by atoms with Crippen LogP contribution in [0.4, 0.5) is 31.7 Å². The van der Waals surface area contributed by atoms with Crippen LogP contribution in [0, 0.1) is 5.82 Å². The van der Waals surface area contributed by atoms with Crippen molar-refractivity contribution in [1.82, 2.24) is 15.2 Å². The van der Waals surface area contributed by atoms with Gasteiger partial charge in [0.05, 0.1) is 16.9 Å². The molecule has 6 N–H and O–H groups in total. The van der Waals surface area contributed by atoms with Crippen LogP contribution >= 0.6 is 0 Å². The number of hydrazine groups is 1. The molecule has 4 aliphatic rings. The van der Waals surface area contributed by atoms with Gasteiger partial charge in [0.25, 0.3) is 0 Å². The quantitative estimate of drug-likeness (QED) is 0.270. The molecule has 11 heteroatoms. The molecule has 0 aliphatic carbocycles. The lowest BCUT2D eigenvalue weighted by molar-refractivity contribution is 0.110. The molecular formula is C29H35F2N7O2. The van der Waals surface area contributed by atoms with Crippen molar-refractivity contribution >= 4 is 33.7 Å². The summed E-state index contributed by atoms with van der Waals surface area (Å²) in [6.07, 6.45) is 3.67. The molecule has 212 valence electrons. The highest BCUT2D eigenvalue weighted by atomic mass is 19.1. The summed E-state index contributed by atoms with van der Waals surface area (Å²) in [5, 5.41) is 16.0. The van der Waals surface area contributed by atoms with Crippen LogP contribution in [0.15, 0.2) is 36.4 Å². The summed E-state index contributed by atoms with van der Waals surface area (Å²) in [5.41, 5.74) is 7.73. The van der Waals surface area contributed by atoms with Gasteiger partial charge in [0.1, 0.15) is 30.0 Å². The number of aromatic nitrogens is 1. The van der Waals surface area contributed by atoms with Crippen molar-refractivity contribution in [3.05, 3.63) is 42.2 Å². The summed E-state index contributed by atoms with van der Waals surface area (Å²) in [6, 6.07) is 10.1. The molecule has 2 aromatic carbocycles. The van der Waals surface area contributed by atoms with Crippen molar-refractivity contribution in [2.75, 3.05) is 48.4 Å². The third kappa shape index (κ3) is 4.27. The van der Waals surface area contributed by atoms with E-state index in [-0.39, 0.29) is 28.2 Å². The van der Waals surface area contributed by atoms with Gasteiger partial charge in [-0.25, -0.2) is 14.6 Å². The van der Waals surface area contributed by atoms with E-state index >= 15 is 4.39 Å². The summed E-state index contributed by atoms with van der Waals surface area (Å²) in [7, 11) is 0. The highest BCUT2D eigenvalue weighted by Gasteiger charge is 2.49. The minimum absolute atomic E-state index is 0.0594. The normalized spacial score (nSPS) is 27.9. The molecule has 9 nitrogen and oxygen atoms in total. The van der Waals surface area contributed by atoms with Crippen molar-refractivity contribution in [1.29, 1.82) is 0 Å². The number of aromatic hydroxyl groups is 1. The highest BCUT2D eigenvalue weighted by Crippen LogP contribution is 2.43. The minimum atomic E-state index is -0.862. The number of pyridine rings is 1. The van der Waals surface area contributed by atoms with Crippen molar-refractivity contribution in [3.8, 4) is 11.6 Å². The molecule has 4 saturated heterocycles. The minimum Gasteiger partial charge on any atom is -0.508 e. The molecule has 3 aromatic rings. The summed E-state index contributed by atoms with van der Waals surface area (Å²) < 4.78 is 35.8. The van der Waals surface area contributed by atoms with E-state index in [1.807, 2.05) is 6.07 Å². The number of nitrogens with one attached hydrogen (secondary N) is 1. The maximum atomic E-state index is 15.1. The molecule has 2 unspecified atom stereocenters. The van der Waals surface area contributed by atoms with Gasteiger partial charge in [-0.2, -0.15) is 4.98 Å². The number of halogens is 2. The second kappa shape index (κ2) is 9.60. The van der Waals surface area contributed by atoms with Crippen molar-refractivity contribution in [3.63, 3.8) is 0 Å². The van der Waals surface area contributed by atoms with E-state index in [1.165, 1.54) is 23.2 Å². The number of nitrogens with zero attached hydrogens (tertiary/aromatic N) is 4. The molecule has 40 heavy (non-hydrogen) atoms. The number of alkyl halides is 1. The van der Waals surface area contributed by atoms with E-state index in [4.69, 9.17) is 21.3 Å². The standard InChI is InChI=1S/C29H35F2N7O2/c30-18-12-29(7-2-8-37(29)13-18)16-40-25-11-24(36-14-19-5-6-20(15-36)34-19)27(32)28(35-25)38(33)23-10-21(39)9-17-3-1-4-22(31)26(17)23/h1,3-4,9-11,18-20,34,39H,2,5-8,12-16,32-33H2/t18-,19?,20?,29+/m1/s1. The third-order valence-electron chi connectivity index (χ3n) is 9.18. The van der Waals surface area contributed by atoms with Crippen molar-refractivity contribution in [2.24, 2.45) is 5.84 Å². The van der Waals surface area contributed by atoms with E-state index in [0.29, 0.717) is 48.6 Å². The molecule has 0 radical (unpaired) electrons. The Labute approximate surface area is 231 Å². The first-order chi connectivity index (χ1) is 19.3. The largest absolute Gasteiger partial charge is 0.508 e. The first-order valence-corrected chi connectivity index (χ1v) is 14.1. The molecule has 1 aromatic heterocycles. The zero-order valence-corrected chi connectivity index (χ0v) is 22.3. The van der Waals surface area contributed by atoms with Gasteiger partial charge in [-0.05, 0) is 49.7 Å². The summed E-state index contributed by atoms with van der Waals surface area (Å²) in [4.78, 5) is 9.14. The summed E-state index contributed by atoms with van der Waals surface area (Å²) in [5.74, 6) is 6.63. The second-order valence-electron chi connectivity index (χ2n) is 11.8. The van der Waals surface area contributed by atoms with Crippen LogP contribution in [0.1, 0.15) is 32.1 Å². The zero-order valence-electron chi connectivity index (χ0n) is 22.3. The number of rotatable bonds is 6.